The van der Waals surface area contributed by atoms with E-state index in [0.717, 1.165) is 32.1 Å². The number of unbranched alkanes of at least 4 members (excludes halogenated alkanes) is 4. The number of ether oxygens (including phenoxy) is 1. The van der Waals surface area contributed by atoms with Gasteiger partial charge in [0.1, 0.15) is 12.1 Å². The maximum absolute atomic E-state index is 12.5. The lowest BCUT2D eigenvalue weighted by atomic mass is 9.84. The van der Waals surface area contributed by atoms with Crippen molar-refractivity contribution in [1.82, 2.24) is 5.32 Å². The van der Waals surface area contributed by atoms with Gasteiger partial charge in [-0.25, -0.2) is 9.59 Å². The monoisotopic (exact) mass is 423 g/mol. The number of carbonyl (C=O) groups is 2. The highest BCUT2D eigenvalue weighted by Crippen LogP contribution is 2.49. The maximum Gasteiger partial charge on any atom is 0.408 e. The summed E-state index contributed by atoms with van der Waals surface area (Å²) in [6.07, 6.45) is 14.8. The molecule has 1 aromatic carbocycles. The molecule has 2 N–H and O–H groups in total. The Kier molecular flexibility index (Phi) is 7.72. The third kappa shape index (κ3) is 5.46. The van der Waals surface area contributed by atoms with Gasteiger partial charge in [-0.05, 0) is 43.2 Å². The van der Waals surface area contributed by atoms with E-state index in [1.54, 1.807) is 6.92 Å². The van der Waals surface area contributed by atoms with Crippen molar-refractivity contribution < 1.29 is 19.4 Å². The number of hydrogen-bond acceptors (Lipinski definition) is 3. The summed E-state index contributed by atoms with van der Waals surface area (Å²) < 4.78 is 5.55. The van der Waals surface area contributed by atoms with Crippen molar-refractivity contribution >= 4 is 12.1 Å². The minimum absolute atomic E-state index is 0.0640. The van der Waals surface area contributed by atoms with Gasteiger partial charge in [0.05, 0.1) is 0 Å². The summed E-state index contributed by atoms with van der Waals surface area (Å²) in [5.41, 5.74) is 1.13. The number of benzene rings is 1. The molecule has 3 unspecified atom stereocenters. The van der Waals surface area contributed by atoms with Crippen LogP contribution in [0, 0.1) is 5.92 Å². The molecule has 0 bridgehead atoms. The second-order valence-electron chi connectivity index (χ2n) is 8.71. The Morgan fingerprint density at radius 3 is 2.58 bits per heavy atom. The molecular weight excluding hydrogens is 390 g/mol. The molecule has 5 nitrogen and oxygen atoms in total. The number of carbonyl (C=O) groups excluding carboxylic acids is 1. The molecule has 0 aliphatic heterocycles. The van der Waals surface area contributed by atoms with E-state index in [2.05, 4.69) is 42.3 Å². The fourth-order valence-electron chi connectivity index (χ4n) is 4.65. The van der Waals surface area contributed by atoms with Crippen LogP contribution in [0.5, 0.6) is 0 Å². The zero-order valence-corrected chi connectivity index (χ0v) is 18.3. The second kappa shape index (κ2) is 10.5. The lowest BCUT2D eigenvalue weighted by molar-refractivity contribution is -0.144. The standard InChI is InChI=1S/C26H33NO4/c1-3-4-5-6-7-12-17-26(2,24(28)29)27-25(30)31-18-23-21-15-10-8-13-19(21)20-14-9-11-16-22(20)23/h3,8-11,13-16,19,21,23H,1,4-7,12,17-18H2,2H3,(H,27,30)(H,28,29)/t19?,21?,23?,26-/m1/s1. The van der Waals surface area contributed by atoms with Crippen LogP contribution in [0.4, 0.5) is 4.79 Å². The SMILES string of the molecule is C=CCCCCCC[C@@](C)(NC(=O)OCC1c2ccccc2C2C=CC=CC21)C(=O)O. The van der Waals surface area contributed by atoms with Crippen LogP contribution >= 0.6 is 0 Å². The highest BCUT2D eigenvalue weighted by atomic mass is 16.5. The van der Waals surface area contributed by atoms with Gasteiger partial charge in [-0.1, -0.05) is 73.9 Å². The normalized spacial score (nSPS) is 22.8. The predicted molar refractivity (Wildman–Crippen MR) is 122 cm³/mol. The molecule has 5 heteroatoms. The molecule has 31 heavy (non-hydrogen) atoms. The molecule has 166 valence electrons. The number of amides is 1. The van der Waals surface area contributed by atoms with Crippen molar-refractivity contribution in [3.63, 3.8) is 0 Å². The summed E-state index contributed by atoms with van der Waals surface area (Å²) in [7, 11) is 0. The predicted octanol–water partition coefficient (Wildman–Crippen LogP) is 5.71. The van der Waals surface area contributed by atoms with E-state index >= 15 is 0 Å². The Bertz CT molecular complexity index is 859. The molecule has 0 fully saturated rings. The fraction of sp³-hybridized carbons (Fsp3) is 0.462. The van der Waals surface area contributed by atoms with Gasteiger partial charge in [-0.3, -0.25) is 0 Å². The minimum Gasteiger partial charge on any atom is -0.480 e. The van der Waals surface area contributed by atoms with Gasteiger partial charge in [0, 0.05) is 11.8 Å². The zero-order chi connectivity index (χ0) is 22.3. The van der Waals surface area contributed by atoms with Gasteiger partial charge in [-0.2, -0.15) is 0 Å². The topological polar surface area (TPSA) is 75.6 Å². The van der Waals surface area contributed by atoms with Crippen molar-refractivity contribution in [3.8, 4) is 0 Å². The molecule has 0 saturated heterocycles. The molecule has 1 amide bonds. The number of alkyl carbamates (subject to hydrolysis) is 1. The first-order valence-corrected chi connectivity index (χ1v) is 11.2. The Labute approximate surface area is 184 Å². The summed E-state index contributed by atoms with van der Waals surface area (Å²) in [5.74, 6) is -0.434. The van der Waals surface area contributed by atoms with Gasteiger partial charge in [-0.15, -0.1) is 6.58 Å². The number of nitrogens with one attached hydrogen (secondary N) is 1. The molecule has 3 rings (SSSR count). The van der Waals surface area contributed by atoms with E-state index < -0.39 is 17.6 Å². The lowest BCUT2D eigenvalue weighted by Crippen LogP contribution is -2.52. The Hall–Kier alpha value is -2.82. The lowest BCUT2D eigenvalue weighted by Gasteiger charge is -2.27. The number of aliphatic carboxylic acids is 1. The maximum atomic E-state index is 12.5. The molecule has 0 aromatic heterocycles. The van der Waals surface area contributed by atoms with Crippen LogP contribution in [-0.2, 0) is 9.53 Å². The van der Waals surface area contributed by atoms with E-state index in [1.165, 1.54) is 11.1 Å². The van der Waals surface area contributed by atoms with Crippen LogP contribution in [0.3, 0.4) is 0 Å². The minimum atomic E-state index is -1.33. The van der Waals surface area contributed by atoms with Crippen LogP contribution in [0.25, 0.3) is 0 Å². The van der Waals surface area contributed by atoms with Crippen molar-refractivity contribution in [2.24, 2.45) is 5.92 Å². The van der Waals surface area contributed by atoms with Gasteiger partial charge in [0.15, 0.2) is 0 Å². The van der Waals surface area contributed by atoms with Crippen LogP contribution < -0.4 is 5.32 Å². The molecule has 2 aliphatic carbocycles. The second-order valence-corrected chi connectivity index (χ2v) is 8.71. The van der Waals surface area contributed by atoms with Crippen LogP contribution in [0.15, 0.2) is 61.2 Å². The zero-order valence-electron chi connectivity index (χ0n) is 18.3. The molecular formula is C26H33NO4. The molecule has 0 spiro atoms. The van der Waals surface area contributed by atoms with Crippen LogP contribution in [-0.4, -0.2) is 29.3 Å². The number of carboxylic acids is 1. The van der Waals surface area contributed by atoms with Gasteiger partial charge in [0.25, 0.3) is 0 Å². The molecule has 0 heterocycles. The summed E-state index contributed by atoms with van der Waals surface area (Å²) >= 11 is 0. The summed E-state index contributed by atoms with van der Waals surface area (Å²) in [5, 5.41) is 12.3. The van der Waals surface area contributed by atoms with Crippen LogP contribution in [0.2, 0.25) is 0 Å². The van der Waals surface area contributed by atoms with Gasteiger partial charge >= 0.3 is 12.1 Å². The van der Waals surface area contributed by atoms with E-state index in [-0.39, 0.29) is 18.4 Å². The third-order valence-electron chi connectivity index (χ3n) is 6.48. The Balaban J connectivity index is 1.55. The average molecular weight is 424 g/mol. The Morgan fingerprint density at radius 2 is 1.84 bits per heavy atom. The number of hydrogen-bond donors (Lipinski definition) is 2. The molecule has 4 atom stereocenters. The summed E-state index contributed by atoms with van der Waals surface area (Å²) in [4.78, 5) is 24.4. The van der Waals surface area contributed by atoms with E-state index in [0.29, 0.717) is 12.3 Å². The highest BCUT2D eigenvalue weighted by Gasteiger charge is 2.40. The van der Waals surface area contributed by atoms with Crippen molar-refractivity contribution in [2.45, 2.75) is 62.8 Å². The number of rotatable bonds is 11. The first kappa shape index (κ1) is 22.9. The number of fused-ring (bicyclic) bond motifs is 3. The van der Waals surface area contributed by atoms with Gasteiger partial charge < -0.3 is 15.2 Å². The third-order valence-corrected chi connectivity index (χ3v) is 6.48. The summed E-state index contributed by atoms with van der Waals surface area (Å²) in [6.45, 7) is 5.48. The molecule has 0 radical (unpaired) electrons. The van der Waals surface area contributed by atoms with Gasteiger partial charge in [0.2, 0.25) is 0 Å². The summed E-state index contributed by atoms with van der Waals surface area (Å²) in [6, 6.07) is 8.27. The van der Waals surface area contributed by atoms with Crippen LogP contribution in [0.1, 0.15) is 68.4 Å². The van der Waals surface area contributed by atoms with Crippen molar-refractivity contribution in [3.05, 3.63) is 72.4 Å². The van der Waals surface area contributed by atoms with Crippen molar-refractivity contribution in [2.75, 3.05) is 6.61 Å². The first-order chi connectivity index (χ1) is 15.0. The van der Waals surface area contributed by atoms with Crippen molar-refractivity contribution in [1.29, 1.82) is 0 Å². The first-order valence-electron chi connectivity index (χ1n) is 11.2. The molecule has 1 aromatic rings. The van der Waals surface area contributed by atoms with E-state index in [4.69, 9.17) is 4.74 Å². The average Bonchev–Trinajstić information content (AvgIpc) is 3.08. The quantitative estimate of drug-likeness (QED) is 0.353. The molecule has 0 saturated carbocycles. The number of carboxylic acid groups (broad SMARTS) is 1. The highest BCUT2D eigenvalue weighted by molar-refractivity contribution is 5.83. The fourth-order valence-corrected chi connectivity index (χ4v) is 4.65. The largest absolute Gasteiger partial charge is 0.480 e. The smallest absolute Gasteiger partial charge is 0.408 e. The Morgan fingerprint density at radius 1 is 1.13 bits per heavy atom. The van der Waals surface area contributed by atoms with E-state index in [1.807, 2.05) is 24.3 Å². The number of allylic oxidation sites excluding steroid dienone is 5. The van der Waals surface area contributed by atoms with E-state index in [9.17, 15) is 14.7 Å². The molecule has 2 aliphatic rings.